The van der Waals surface area contributed by atoms with Gasteiger partial charge in [-0.05, 0) is 12.1 Å². The molecule has 1 aliphatic heterocycles. The minimum absolute atomic E-state index is 0.0696. The lowest BCUT2D eigenvalue weighted by Crippen LogP contribution is -2.29. The summed E-state index contributed by atoms with van der Waals surface area (Å²) in [5.74, 6) is 5.51. The van der Waals surface area contributed by atoms with Crippen LogP contribution in [0.25, 0.3) is 0 Å². The van der Waals surface area contributed by atoms with Crippen molar-refractivity contribution >= 4 is 11.8 Å². The van der Waals surface area contributed by atoms with Crippen molar-refractivity contribution < 1.29 is 14.0 Å². The molecule has 2 rings (SSSR count). The van der Waals surface area contributed by atoms with E-state index in [4.69, 9.17) is 10.3 Å². The molecule has 0 unspecified atom stereocenters. The number of carbonyl (C=O) groups is 2. The predicted molar refractivity (Wildman–Crippen MR) is 63.3 cm³/mol. The largest absolute Gasteiger partial charge is 0.455 e. The van der Waals surface area contributed by atoms with Crippen LogP contribution in [-0.2, 0) is 11.3 Å². The first-order chi connectivity index (χ1) is 8.69. The fraction of sp³-hybridized carbons (Fsp3) is 0.455. The van der Waals surface area contributed by atoms with Crippen molar-refractivity contribution in [3.63, 3.8) is 0 Å². The van der Waals surface area contributed by atoms with E-state index in [1.165, 1.54) is 0 Å². The van der Waals surface area contributed by atoms with Gasteiger partial charge in [-0.3, -0.25) is 19.9 Å². The maximum absolute atomic E-state index is 11.2. The Hall–Kier alpha value is -1.86. The molecule has 0 saturated carbocycles. The van der Waals surface area contributed by atoms with Crippen molar-refractivity contribution in [2.24, 2.45) is 5.84 Å². The second kappa shape index (κ2) is 5.65. The van der Waals surface area contributed by atoms with Gasteiger partial charge in [-0.1, -0.05) is 0 Å². The number of rotatable bonds is 3. The lowest BCUT2D eigenvalue weighted by atomic mass is 10.3. The minimum atomic E-state index is -0.450. The van der Waals surface area contributed by atoms with Crippen LogP contribution in [-0.4, -0.2) is 36.3 Å². The molecule has 1 fully saturated rings. The van der Waals surface area contributed by atoms with E-state index >= 15 is 0 Å². The molecule has 18 heavy (non-hydrogen) atoms. The zero-order chi connectivity index (χ0) is 13.0. The molecule has 1 saturated heterocycles. The van der Waals surface area contributed by atoms with E-state index in [1.54, 1.807) is 12.1 Å². The van der Waals surface area contributed by atoms with Crippen molar-refractivity contribution in [1.29, 1.82) is 0 Å². The molecule has 2 heterocycles. The fourth-order valence-corrected chi connectivity index (χ4v) is 1.85. The number of hydrogen-bond donors (Lipinski definition) is 3. The zero-order valence-electron chi connectivity index (χ0n) is 9.94. The molecule has 0 bridgehead atoms. The van der Waals surface area contributed by atoms with Crippen LogP contribution in [0.2, 0.25) is 0 Å². The molecule has 0 spiro atoms. The Morgan fingerprint density at radius 2 is 2.33 bits per heavy atom. The molecule has 0 atom stereocenters. The van der Waals surface area contributed by atoms with Gasteiger partial charge < -0.3 is 9.73 Å². The number of nitrogen functional groups attached to an aromatic ring is 1. The van der Waals surface area contributed by atoms with Crippen LogP contribution in [0.1, 0.15) is 22.7 Å². The molecule has 1 aromatic rings. The quantitative estimate of drug-likeness (QED) is 0.371. The summed E-state index contributed by atoms with van der Waals surface area (Å²) >= 11 is 0. The Labute approximate surface area is 104 Å². The Balaban J connectivity index is 1.94. The second-order valence-corrected chi connectivity index (χ2v) is 4.12. The third kappa shape index (κ3) is 3.08. The van der Waals surface area contributed by atoms with Gasteiger partial charge in [-0.15, -0.1) is 0 Å². The third-order valence-corrected chi connectivity index (χ3v) is 2.80. The molecule has 98 valence electrons. The van der Waals surface area contributed by atoms with Gasteiger partial charge >= 0.3 is 5.91 Å². The van der Waals surface area contributed by atoms with Crippen LogP contribution in [0.4, 0.5) is 0 Å². The van der Waals surface area contributed by atoms with Crippen molar-refractivity contribution in [2.75, 3.05) is 19.6 Å². The van der Waals surface area contributed by atoms with Gasteiger partial charge in [0.25, 0.3) is 0 Å². The normalized spacial score (nSPS) is 17.1. The van der Waals surface area contributed by atoms with Crippen molar-refractivity contribution in [1.82, 2.24) is 15.6 Å². The van der Waals surface area contributed by atoms with Gasteiger partial charge in [0.05, 0.1) is 6.54 Å². The van der Waals surface area contributed by atoms with Gasteiger partial charge in [-0.25, -0.2) is 5.84 Å². The number of nitrogens with two attached hydrogens (primary N) is 1. The highest BCUT2D eigenvalue weighted by Gasteiger charge is 2.16. The number of carbonyl (C=O) groups excluding carboxylic acids is 2. The molecule has 7 nitrogen and oxygen atoms in total. The molecule has 0 aliphatic carbocycles. The van der Waals surface area contributed by atoms with Crippen LogP contribution in [0.15, 0.2) is 16.5 Å². The fourth-order valence-electron chi connectivity index (χ4n) is 1.85. The van der Waals surface area contributed by atoms with Crippen LogP contribution >= 0.6 is 0 Å². The highest BCUT2D eigenvalue weighted by Crippen LogP contribution is 2.11. The molecule has 7 heteroatoms. The number of nitrogens with zero attached hydrogens (tertiary/aromatic N) is 1. The summed E-state index contributed by atoms with van der Waals surface area (Å²) in [4.78, 5) is 24.5. The molecule has 4 N–H and O–H groups in total. The zero-order valence-corrected chi connectivity index (χ0v) is 9.94. The standard InChI is InChI=1S/C11H16N4O3/c12-14-11(17)9-2-1-8(18-9)7-15-5-3-10(16)13-4-6-15/h1-2H,3-7,12H2,(H,13,16)(H,14,17). The Morgan fingerprint density at radius 1 is 1.50 bits per heavy atom. The van der Waals surface area contributed by atoms with E-state index in [-0.39, 0.29) is 11.7 Å². The molecule has 0 radical (unpaired) electrons. The van der Waals surface area contributed by atoms with Gasteiger partial charge in [-0.2, -0.15) is 0 Å². The van der Waals surface area contributed by atoms with Crippen molar-refractivity contribution in [3.05, 3.63) is 23.7 Å². The molecule has 1 aliphatic rings. The number of hydrazine groups is 1. The van der Waals surface area contributed by atoms with E-state index in [2.05, 4.69) is 10.2 Å². The van der Waals surface area contributed by atoms with E-state index in [0.29, 0.717) is 31.8 Å². The van der Waals surface area contributed by atoms with Crippen LogP contribution in [0.5, 0.6) is 0 Å². The summed E-state index contributed by atoms with van der Waals surface area (Å²) in [7, 11) is 0. The van der Waals surface area contributed by atoms with E-state index in [0.717, 1.165) is 6.54 Å². The lowest BCUT2D eigenvalue weighted by molar-refractivity contribution is -0.120. The average molecular weight is 252 g/mol. The topological polar surface area (TPSA) is 101 Å². The summed E-state index contributed by atoms with van der Waals surface area (Å²) < 4.78 is 5.37. The average Bonchev–Trinajstić information content (AvgIpc) is 2.73. The van der Waals surface area contributed by atoms with Gasteiger partial charge in [0.15, 0.2) is 5.76 Å². The monoisotopic (exact) mass is 252 g/mol. The summed E-state index contributed by atoms with van der Waals surface area (Å²) in [5.41, 5.74) is 2.01. The van der Waals surface area contributed by atoms with E-state index in [1.807, 2.05) is 5.43 Å². The predicted octanol–water partition coefficient (Wildman–Crippen LogP) is -0.795. The molecule has 0 aromatic carbocycles. The Morgan fingerprint density at radius 3 is 3.11 bits per heavy atom. The smallest absolute Gasteiger partial charge is 0.300 e. The maximum Gasteiger partial charge on any atom is 0.300 e. The third-order valence-electron chi connectivity index (χ3n) is 2.80. The van der Waals surface area contributed by atoms with Gasteiger partial charge in [0.2, 0.25) is 5.91 Å². The molecular formula is C11H16N4O3. The van der Waals surface area contributed by atoms with Crippen molar-refractivity contribution in [3.8, 4) is 0 Å². The number of hydrogen-bond acceptors (Lipinski definition) is 5. The molecule has 1 aromatic heterocycles. The van der Waals surface area contributed by atoms with Crippen LogP contribution < -0.4 is 16.6 Å². The molecular weight excluding hydrogens is 236 g/mol. The number of furan rings is 1. The summed E-state index contributed by atoms with van der Waals surface area (Å²) in [6.07, 6.45) is 0.483. The summed E-state index contributed by atoms with van der Waals surface area (Å²) in [5, 5.41) is 2.80. The van der Waals surface area contributed by atoms with Gasteiger partial charge in [0.1, 0.15) is 5.76 Å². The SMILES string of the molecule is NNC(=O)c1ccc(CN2CCNC(=O)CC2)o1. The first-order valence-electron chi connectivity index (χ1n) is 5.78. The Bertz CT molecular complexity index is 443. The summed E-state index contributed by atoms with van der Waals surface area (Å²) in [6, 6.07) is 3.32. The highest BCUT2D eigenvalue weighted by atomic mass is 16.4. The van der Waals surface area contributed by atoms with Crippen LogP contribution in [0.3, 0.4) is 0 Å². The maximum atomic E-state index is 11.2. The van der Waals surface area contributed by atoms with E-state index < -0.39 is 5.91 Å². The number of amides is 2. The van der Waals surface area contributed by atoms with Crippen LogP contribution in [0, 0.1) is 0 Å². The summed E-state index contributed by atoms with van der Waals surface area (Å²) in [6.45, 7) is 2.66. The van der Waals surface area contributed by atoms with E-state index in [9.17, 15) is 9.59 Å². The number of nitrogens with one attached hydrogen (secondary N) is 2. The highest BCUT2D eigenvalue weighted by molar-refractivity contribution is 5.90. The Kier molecular flexibility index (Phi) is 3.96. The van der Waals surface area contributed by atoms with Crippen molar-refractivity contribution in [2.45, 2.75) is 13.0 Å². The first-order valence-corrected chi connectivity index (χ1v) is 5.78. The van der Waals surface area contributed by atoms with Gasteiger partial charge in [0, 0.05) is 26.1 Å². The minimum Gasteiger partial charge on any atom is -0.455 e. The molecule has 2 amide bonds. The second-order valence-electron chi connectivity index (χ2n) is 4.12. The first kappa shape index (κ1) is 12.6. The lowest BCUT2D eigenvalue weighted by Gasteiger charge is -2.16.